The number of benzene rings is 1. The summed E-state index contributed by atoms with van der Waals surface area (Å²) in [4.78, 5) is 12.2. The maximum Gasteiger partial charge on any atom is 0.329 e. The average molecular weight is 248 g/mol. The van der Waals surface area contributed by atoms with Gasteiger partial charge in [-0.05, 0) is 26.0 Å². The Morgan fingerprint density at radius 1 is 1.18 bits per heavy atom. The normalized spacial score (nSPS) is 11.6. The van der Waals surface area contributed by atoms with E-state index in [0.717, 1.165) is 22.1 Å². The molecule has 0 saturated carbocycles. The van der Waals surface area contributed by atoms with Crippen LogP contribution in [0.2, 0.25) is 0 Å². The summed E-state index contributed by atoms with van der Waals surface area (Å²) < 4.78 is 12.1. The summed E-state index contributed by atoms with van der Waals surface area (Å²) in [5, 5.41) is 0. The fourth-order valence-corrected chi connectivity index (χ4v) is 2.79. The summed E-state index contributed by atoms with van der Waals surface area (Å²) in [6, 6.07) is 3.88. The third-order valence-electron chi connectivity index (χ3n) is 3.03. The molecule has 1 aromatic carbocycles. The summed E-state index contributed by atoms with van der Waals surface area (Å²) in [6.07, 6.45) is 0. The molecule has 2 aromatic heterocycles. The number of rotatable bonds is 2. The van der Waals surface area contributed by atoms with Crippen LogP contribution < -0.4 is 5.69 Å². The topological polar surface area (TPSA) is 52.7 Å². The first-order valence-corrected chi connectivity index (χ1v) is 6.35. The smallest absolute Gasteiger partial charge is 0.292 e. The Labute approximate surface area is 102 Å². The van der Waals surface area contributed by atoms with Gasteiger partial charge in [-0.3, -0.25) is 9.13 Å². The molecule has 6 heteroatoms. The molecule has 3 rings (SSSR count). The van der Waals surface area contributed by atoms with Crippen LogP contribution in [-0.4, -0.2) is 17.9 Å². The molecule has 0 unspecified atom stereocenters. The van der Waals surface area contributed by atoms with Crippen molar-refractivity contribution >= 4 is 33.8 Å². The van der Waals surface area contributed by atoms with Gasteiger partial charge in [0.25, 0.3) is 0 Å². The highest BCUT2D eigenvalue weighted by molar-refractivity contribution is 7.00. The van der Waals surface area contributed by atoms with Crippen molar-refractivity contribution in [3.63, 3.8) is 0 Å². The lowest BCUT2D eigenvalue weighted by atomic mass is 10.2. The first kappa shape index (κ1) is 10.5. The second kappa shape index (κ2) is 3.66. The second-order valence-electron chi connectivity index (χ2n) is 3.84. The van der Waals surface area contributed by atoms with Crippen LogP contribution in [0.25, 0.3) is 22.1 Å². The van der Waals surface area contributed by atoms with Crippen molar-refractivity contribution in [2.24, 2.45) is 0 Å². The summed E-state index contributed by atoms with van der Waals surface area (Å²) in [6.45, 7) is 5.27. The number of fused-ring (bicyclic) bond motifs is 3. The Morgan fingerprint density at radius 2 is 1.94 bits per heavy atom. The van der Waals surface area contributed by atoms with Crippen LogP contribution in [0, 0.1) is 0 Å². The summed E-state index contributed by atoms with van der Waals surface area (Å²) in [7, 11) is 0. The van der Waals surface area contributed by atoms with Crippen molar-refractivity contribution in [2.45, 2.75) is 26.9 Å². The molecule has 0 aliphatic heterocycles. The molecule has 0 aliphatic rings. The highest BCUT2D eigenvalue weighted by Crippen LogP contribution is 2.23. The van der Waals surface area contributed by atoms with Gasteiger partial charge >= 0.3 is 5.69 Å². The van der Waals surface area contributed by atoms with Crippen molar-refractivity contribution < 1.29 is 0 Å². The molecule has 0 N–H and O–H groups in total. The molecule has 17 heavy (non-hydrogen) atoms. The minimum atomic E-state index is 0.0329. The predicted molar refractivity (Wildman–Crippen MR) is 68.5 cm³/mol. The molecule has 0 saturated heterocycles. The number of aryl methyl sites for hydroxylation is 2. The Balaban J connectivity index is 2.62. The van der Waals surface area contributed by atoms with Gasteiger partial charge in [0, 0.05) is 13.1 Å². The fourth-order valence-electron chi connectivity index (χ4n) is 2.25. The van der Waals surface area contributed by atoms with Crippen molar-refractivity contribution in [2.75, 3.05) is 0 Å². The summed E-state index contributed by atoms with van der Waals surface area (Å²) >= 11 is 1.18. The minimum absolute atomic E-state index is 0.0329. The number of hydrogen-bond acceptors (Lipinski definition) is 4. The lowest BCUT2D eigenvalue weighted by Crippen LogP contribution is -2.23. The molecule has 0 aliphatic carbocycles. The van der Waals surface area contributed by atoms with Gasteiger partial charge in [0.2, 0.25) is 0 Å². The lowest BCUT2D eigenvalue weighted by Gasteiger charge is -1.97. The molecule has 3 aromatic rings. The Bertz CT molecular complexity index is 752. The first-order valence-electron chi connectivity index (χ1n) is 5.62. The van der Waals surface area contributed by atoms with Gasteiger partial charge in [-0.1, -0.05) is 0 Å². The van der Waals surface area contributed by atoms with Crippen molar-refractivity contribution in [3.8, 4) is 0 Å². The standard InChI is InChI=1S/C11H12N4OS/c1-3-14-8-6-5-7-9(13-17-12-7)10(8)15(4-2)11(14)16/h5-6H,3-4H2,1-2H3. The van der Waals surface area contributed by atoms with Crippen LogP contribution in [0.1, 0.15) is 13.8 Å². The molecular weight excluding hydrogens is 236 g/mol. The fraction of sp³-hybridized carbons (Fsp3) is 0.364. The van der Waals surface area contributed by atoms with Crippen LogP contribution in [0.4, 0.5) is 0 Å². The zero-order chi connectivity index (χ0) is 12.0. The average Bonchev–Trinajstić information content (AvgIpc) is 2.89. The molecule has 0 atom stereocenters. The lowest BCUT2D eigenvalue weighted by molar-refractivity contribution is 0.671. The highest BCUT2D eigenvalue weighted by Gasteiger charge is 2.15. The van der Waals surface area contributed by atoms with Gasteiger partial charge in [0.15, 0.2) is 0 Å². The van der Waals surface area contributed by atoms with Gasteiger partial charge in [-0.2, -0.15) is 8.75 Å². The number of imidazole rings is 1. The SMILES string of the molecule is CCn1c(=O)n(CC)c2c3nsnc3ccc21. The molecular formula is C11H12N4OS. The third kappa shape index (κ3) is 1.27. The van der Waals surface area contributed by atoms with E-state index in [9.17, 15) is 4.79 Å². The van der Waals surface area contributed by atoms with Crippen LogP contribution in [0.5, 0.6) is 0 Å². The van der Waals surface area contributed by atoms with E-state index >= 15 is 0 Å². The van der Waals surface area contributed by atoms with Gasteiger partial charge in [-0.15, -0.1) is 0 Å². The first-order chi connectivity index (χ1) is 8.27. The van der Waals surface area contributed by atoms with Gasteiger partial charge in [0.05, 0.1) is 22.8 Å². The molecule has 0 amide bonds. The maximum atomic E-state index is 12.2. The molecule has 88 valence electrons. The predicted octanol–water partition coefficient (Wildman–Crippen LogP) is 1.85. The van der Waals surface area contributed by atoms with Crippen LogP contribution in [0.3, 0.4) is 0 Å². The van der Waals surface area contributed by atoms with E-state index in [4.69, 9.17) is 0 Å². The monoisotopic (exact) mass is 248 g/mol. The summed E-state index contributed by atoms with van der Waals surface area (Å²) in [5.74, 6) is 0. The van der Waals surface area contributed by atoms with Gasteiger partial charge < -0.3 is 0 Å². The number of nitrogens with zero attached hydrogens (tertiary/aromatic N) is 4. The van der Waals surface area contributed by atoms with Crippen LogP contribution in [-0.2, 0) is 13.1 Å². The van der Waals surface area contributed by atoms with E-state index in [1.165, 1.54) is 11.7 Å². The van der Waals surface area contributed by atoms with Crippen LogP contribution in [0.15, 0.2) is 16.9 Å². The maximum absolute atomic E-state index is 12.2. The largest absolute Gasteiger partial charge is 0.329 e. The molecule has 0 spiro atoms. The van der Waals surface area contributed by atoms with Crippen molar-refractivity contribution in [1.82, 2.24) is 17.9 Å². The van der Waals surface area contributed by atoms with E-state index in [1.54, 1.807) is 9.13 Å². The number of aromatic nitrogens is 4. The number of hydrogen-bond donors (Lipinski definition) is 0. The Morgan fingerprint density at radius 3 is 2.65 bits per heavy atom. The van der Waals surface area contributed by atoms with E-state index < -0.39 is 0 Å². The van der Waals surface area contributed by atoms with Gasteiger partial charge in [0.1, 0.15) is 11.0 Å². The van der Waals surface area contributed by atoms with Crippen molar-refractivity contribution in [3.05, 3.63) is 22.6 Å². The zero-order valence-electron chi connectivity index (χ0n) is 9.67. The molecule has 2 heterocycles. The summed E-state index contributed by atoms with van der Waals surface area (Å²) in [5.41, 5.74) is 3.58. The third-order valence-corrected chi connectivity index (χ3v) is 3.58. The zero-order valence-corrected chi connectivity index (χ0v) is 10.5. The Kier molecular flexibility index (Phi) is 2.25. The van der Waals surface area contributed by atoms with E-state index in [-0.39, 0.29) is 5.69 Å². The molecule has 0 bridgehead atoms. The van der Waals surface area contributed by atoms with Crippen molar-refractivity contribution in [1.29, 1.82) is 0 Å². The van der Waals surface area contributed by atoms with Gasteiger partial charge in [-0.25, -0.2) is 4.79 Å². The van der Waals surface area contributed by atoms with E-state index in [0.29, 0.717) is 13.1 Å². The molecule has 0 fully saturated rings. The van der Waals surface area contributed by atoms with E-state index in [1.807, 2.05) is 26.0 Å². The highest BCUT2D eigenvalue weighted by atomic mass is 32.1. The second-order valence-corrected chi connectivity index (χ2v) is 4.36. The van der Waals surface area contributed by atoms with Crippen LogP contribution >= 0.6 is 11.7 Å². The molecule has 0 radical (unpaired) electrons. The quantitative estimate of drug-likeness (QED) is 0.695. The minimum Gasteiger partial charge on any atom is -0.292 e. The molecule has 5 nitrogen and oxygen atoms in total. The van der Waals surface area contributed by atoms with E-state index in [2.05, 4.69) is 8.75 Å². The Hall–Kier alpha value is -1.69.